The van der Waals surface area contributed by atoms with Gasteiger partial charge in [0, 0.05) is 22.9 Å². The van der Waals surface area contributed by atoms with Crippen molar-refractivity contribution in [3.63, 3.8) is 0 Å². The molecular formula is C14H14BrFN2O. The third-order valence-electron chi connectivity index (χ3n) is 2.87. The highest BCUT2D eigenvalue weighted by Gasteiger charge is 2.13. The molecule has 0 saturated heterocycles. The van der Waals surface area contributed by atoms with Gasteiger partial charge in [0.15, 0.2) is 0 Å². The minimum Gasteiger partial charge on any atom is -0.343 e. The predicted molar refractivity (Wildman–Crippen MR) is 76.9 cm³/mol. The zero-order valence-electron chi connectivity index (χ0n) is 10.7. The van der Waals surface area contributed by atoms with Gasteiger partial charge < -0.3 is 9.88 Å². The number of aryl methyl sites for hydroxylation is 2. The van der Waals surface area contributed by atoms with Gasteiger partial charge in [-0.05, 0) is 53.5 Å². The van der Waals surface area contributed by atoms with Crippen LogP contribution in [0, 0.1) is 12.7 Å². The highest BCUT2D eigenvalue weighted by molar-refractivity contribution is 9.10. The molecule has 1 N–H and O–H groups in total. The summed E-state index contributed by atoms with van der Waals surface area (Å²) in [5, 5.41) is 2.69. The number of halogens is 2. The SMILES string of the molecule is CCn1cc(Br)cc1C(=O)Nc1ccc(C)c(F)c1. The summed E-state index contributed by atoms with van der Waals surface area (Å²) in [4.78, 5) is 12.1. The van der Waals surface area contributed by atoms with Crippen LogP contribution in [-0.2, 0) is 6.54 Å². The van der Waals surface area contributed by atoms with E-state index in [0.717, 1.165) is 4.47 Å². The Labute approximate surface area is 119 Å². The zero-order chi connectivity index (χ0) is 14.0. The molecule has 2 aromatic rings. The maximum absolute atomic E-state index is 13.4. The van der Waals surface area contributed by atoms with Crippen molar-refractivity contribution in [2.45, 2.75) is 20.4 Å². The van der Waals surface area contributed by atoms with Gasteiger partial charge in [0.25, 0.3) is 5.91 Å². The van der Waals surface area contributed by atoms with Crippen molar-refractivity contribution in [1.29, 1.82) is 0 Å². The molecular weight excluding hydrogens is 311 g/mol. The van der Waals surface area contributed by atoms with Crippen molar-refractivity contribution < 1.29 is 9.18 Å². The molecule has 0 unspecified atom stereocenters. The monoisotopic (exact) mass is 324 g/mol. The van der Waals surface area contributed by atoms with Crippen LogP contribution in [0.25, 0.3) is 0 Å². The van der Waals surface area contributed by atoms with Crippen LogP contribution in [0.5, 0.6) is 0 Å². The number of benzene rings is 1. The van der Waals surface area contributed by atoms with E-state index in [1.54, 1.807) is 25.1 Å². The Morgan fingerprint density at radius 3 is 2.79 bits per heavy atom. The average molecular weight is 325 g/mol. The fourth-order valence-electron chi connectivity index (χ4n) is 1.79. The van der Waals surface area contributed by atoms with E-state index in [1.807, 2.05) is 17.7 Å². The van der Waals surface area contributed by atoms with E-state index in [4.69, 9.17) is 0 Å². The molecule has 0 fully saturated rings. The van der Waals surface area contributed by atoms with Crippen molar-refractivity contribution in [1.82, 2.24) is 4.57 Å². The predicted octanol–water partition coefficient (Wildman–Crippen LogP) is 3.97. The first-order valence-electron chi connectivity index (χ1n) is 5.94. The van der Waals surface area contributed by atoms with Gasteiger partial charge in [0.05, 0.1) is 0 Å². The Morgan fingerprint density at radius 1 is 1.42 bits per heavy atom. The van der Waals surface area contributed by atoms with Crippen molar-refractivity contribution in [3.05, 3.63) is 52.0 Å². The molecule has 19 heavy (non-hydrogen) atoms. The van der Waals surface area contributed by atoms with Crippen LogP contribution in [0.4, 0.5) is 10.1 Å². The summed E-state index contributed by atoms with van der Waals surface area (Å²) < 4.78 is 16.1. The summed E-state index contributed by atoms with van der Waals surface area (Å²) >= 11 is 3.34. The molecule has 0 saturated carbocycles. The first-order valence-corrected chi connectivity index (χ1v) is 6.73. The van der Waals surface area contributed by atoms with Crippen LogP contribution in [-0.4, -0.2) is 10.5 Å². The maximum atomic E-state index is 13.4. The number of hydrogen-bond donors (Lipinski definition) is 1. The summed E-state index contributed by atoms with van der Waals surface area (Å²) in [5.74, 6) is -0.583. The van der Waals surface area contributed by atoms with E-state index < -0.39 is 0 Å². The number of aromatic nitrogens is 1. The van der Waals surface area contributed by atoms with Gasteiger partial charge >= 0.3 is 0 Å². The third-order valence-corrected chi connectivity index (χ3v) is 3.30. The lowest BCUT2D eigenvalue weighted by Gasteiger charge is -2.08. The second kappa shape index (κ2) is 5.57. The Balaban J connectivity index is 2.22. The van der Waals surface area contributed by atoms with E-state index in [2.05, 4.69) is 21.2 Å². The standard InChI is InChI=1S/C14H14BrFN2O/c1-3-18-8-10(15)6-13(18)14(19)17-11-5-4-9(2)12(16)7-11/h4-8H,3H2,1-2H3,(H,17,19). The summed E-state index contributed by atoms with van der Waals surface area (Å²) in [6, 6.07) is 6.38. The van der Waals surface area contributed by atoms with Gasteiger partial charge in [-0.1, -0.05) is 6.07 Å². The largest absolute Gasteiger partial charge is 0.343 e. The molecule has 1 heterocycles. The molecule has 1 aromatic carbocycles. The molecule has 100 valence electrons. The number of carbonyl (C=O) groups excluding carboxylic acids is 1. The lowest BCUT2D eigenvalue weighted by Crippen LogP contribution is -2.16. The summed E-state index contributed by atoms with van der Waals surface area (Å²) in [6.45, 7) is 4.33. The second-order valence-corrected chi connectivity index (χ2v) is 5.16. The normalized spacial score (nSPS) is 10.5. The Bertz CT molecular complexity index is 622. The number of nitrogens with one attached hydrogen (secondary N) is 1. The molecule has 0 aliphatic heterocycles. The lowest BCUT2D eigenvalue weighted by atomic mass is 10.2. The summed E-state index contributed by atoms with van der Waals surface area (Å²) in [7, 11) is 0. The van der Waals surface area contributed by atoms with Crippen LogP contribution in [0.3, 0.4) is 0 Å². The van der Waals surface area contributed by atoms with Gasteiger partial charge in [0.2, 0.25) is 0 Å². The van der Waals surface area contributed by atoms with Gasteiger partial charge in [-0.15, -0.1) is 0 Å². The number of carbonyl (C=O) groups is 1. The average Bonchev–Trinajstić information content (AvgIpc) is 2.75. The van der Waals surface area contributed by atoms with Crippen LogP contribution in [0.15, 0.2) is 34.9 Å². The molecule has 1 aromatic heterocycles. The van der Waals surface area contributed by atoms with Gasteiger partial charge in [0.1, 0.15) is 11.5 Å². The van der Waals surface area contributed by atoms with Crippen LogP contribution >= 0.6 is 15.9 Å². The lowest BCUT2D eigenvalue weighted by molar-refractivity contribution is 0.101. The van der Waals surface area contributed by atoms with Crippen LogP contribution in [0.1, 0.15) is 23.0 Å². The number of anilines is 1. The van der Waals surface area contributed by atoms with Crippen molar-refractivity contribution in [2.24, 2.45) is 0 Å². The van der Waals surface area contributed by atoms with E-state index in [9.17, 15) is 9.18 Å². The van der Waals surface area contributed by atoms with Crippen LogP contribution in [0.2, 0.25) is 0 Å². The number of amides is 1. The van der Waals surface area contributed by atoms with Gasteiger partial charge in [-0.2, -0.15) is 0 Å². The number of hydrogen-bond acceptors (Lipinski definition) is 1. The van der Waals surface area contributed by atoms with E-state index in [1.165, 1.54) is 6.07 Å². The molecule has 0 atom stereocenters. The molecule has 0 radical (unpaired) electrons. The number of nitrogens with zero attached hydrogens (tertiary/aromatic N) is 1. The highest BCUT2D eigenvalue weighted by Crippen LogP contribution is 2.18. The molecule has 0 aliphatic carbocycles. The first kappa shape index (κ1) is 13.8. The summed E-state index contributed by atoms with van der Waals surface area (Å²) in [6.07, 6.45) is 1.84. The highest BCUT2D eigenvalue weighted by atomic mass is 79.9. The Hall–Kier alpha value is -1.62. The fourth-order valence-corrected chi connectivity index (χ4v) is 2.26. The van der Waals surface area contributed by atoms with Crippen molar-refractivity contribution in [2.75, 3.05) is 5.32 Å². The van der Waals surface area contributed by atoms with Crippen LogP contribution < -0.4 is 5.32 Å². The van der Waals surface area contributed by atoms with E-state index in [-0.39, 0.29) is 11.7 Å². The molecule has 5 heteroatoms. The topological polar surface area (TPSA) is 34.0 Å². The molecule has 0 spiro atoms. The molecule has 0 aliphatic rings. The smallest absolute Gasteiger partial charge is 0.272 e. The molecule has 2 rings (SSSR count). The molecule has 0 bridgehead atoms. The zero-order valence-corrected chi connectivity index (χ0v) is 12.3. The van der Waals surface area contributed by atoms with E-state index >= 15 is 0 Å². The summed E-state index contributed by atoms with van der Waals surface area (Å²) in [5.41, 5.74) is 1.54. The Kier molecular flexibility index (Phi) is 4.04. The van der Waals surface area contributed by atoms with Crippen molar-refractivity contribution >= 4 is 27.5 Å². The molecule has 1 amide bonds. The quantitative estimate of drug-likeness (QED) is 0.910. The molecule has 3 nitrogen and oxygen atoms in total. The second-order valence-electron chi connectivity index (χ2n) is 4.25. The first-order chi connectivity index (χ1) is 9.01. The third kappa shape index (κ3) is 3.04. The minimum absolute atomic E-state index is 0.254. The number of rotatable bonds is 3. The van der Waals surface area contributed by atoms with Crippen molar-refractivity contribution in [3.8, 4) is 0 Å². The van der Waals surface area contributed by atoms with E-state index in [0.29, 0.717) is 23.5 Å². The fraction of sp³-hybridized carbons (Fsp3) is 0.214. The van der Waals surface area contributed by atoms with Gasteiger partial charge in [-0.3, -0.25) is 4.79 Å². The Morgan fingerprint density at radius 2 is 2.16 bits per heavy atom. The minimum atomic E-state index is -0.329. The van der Waals surface area contributed by atoms with Gasteiger partial charge in [-0.25, -0.2) is 4.39 Å². The maximum Gasteiger partial charge on any atom is 0.272 e.